The molecule has 0 unspecified atom stereocenters. The molecule has 0 spiro atoms. The smallest absolute Gasteiger partial charge is 0.622 e. The molecule has 0 radical (unpaired) electrons. The third-order valence-electron chi connectivity index (χ3n) is 4.22. The summed E-state index contributed by atoms with van der Waals surface area (Å²) >= 11 is 0. The Hall–Kier alpha value is -3.22. The van der Waals surface area contributed by atoms with Crippen molar-refractivity contribution in [3.05, 3.63) is 89.9 Å². The van der Waals surface area contributed by atoms with E-state index in [0.717, 1.165) is 16.4 Å². The number of fused-ring (bicyclic) bond motifs is 1. The van der Waals surface area contributed by atoms with E-state index in [0.29, 0.717) is 11.1 Å². The molecule has 0 fully saturated rings. The average molecular weight is 352 g/mol. The maximum absolute atomic E-state index is 14.7. The van der Waals surface area contributed by atoms with Crippen molar-refractivity contribution in [1.29, 1.82) is 0 Å². The van der Waals surface area contributed by atoms with Crippen LogP contribution in [0.5, 0.6) is 5.88 Å². The monoisotopic (exact) mass is 352 g/mol. The molecule has 7 heteroatoms. The molecule has 0 bridgehead atoms. The largest absolute Gasteiger partial charge is 0.734 e. The van der Waals surface area contributed by atoms with Gasteiger partial charge in [-0.3, -0.25) is 0 Å². The van der Waals surface area contributed by atoms with E-state index in [2.05, 4.69) is 4.98 Å². The van der Waals surface area contributed by atoms with Crippen molar-refractivity contribution in [3.8, 4) is 5.88 Å². The molecule has 1 aromatic heterocycles. The second-order valence-electron chi connectivity index (χ2n) is 5.84. The van der Waals surface area contributed by atoms with Gasteiger partial charge in [-0.05, 0) is 10.5 Å². The van der Waals surface area contributed by atoms with Gasteiger partial charge in [0.05, 0.1) is 24.5 Å². The molecule has 0 aliphatic carbocycles. The maximum Gasteiger partial charge on any atom is 0.734 e. The first-order valence-electron chi connectivity index (χ1n) is 8.11. The molecule has 4 rings (SSSR count). The molecule has 4 nitrogen and oxygen atoms in total. The zero-order chi connectivity index (χ0) is 18.1. The van der Waals surface area contributed by atoms with Crippen molar-refractivity contribution < 1.29 is 22.5 Å². The number of benzene rings is 2. The number of hydrogen-bond donors (Lipinski definition) is 0. The lowest BCUT2D eigenvalue weighted by atomic mass is 9.90. The van der Waals surface area contributed by atoms with Gasteiger partial charge in [0.1, 0.15) is 5.69 Å². The van der Waals surface area contributed by atoms with Crippen LogP contribution in [0.15, 0.2) is 73.1 Å². The first-order chi connectivity index (χ1) is 12.6. The molecule has 0 saturated carbocycles. The Bertz CT molecular complexity index is 979. The maximum atomic E-state index is 14.7. The fourth-order valence-corrected chi connectivity index (χ4v) is 3.02. The Morgan fingerprint density at radius 3 is 2.19 bits per heavy atom. The van der Waals surface area contributed by atoms with Gasteiger partial charge in [0.25, 0.3) is 6.33 Å². The highest BCUT2D eigenvalue weighted by atomic mass is 19.3. The number of nitrogens with zero attached hydrogens (tertiary/aromatic N) is 2. The van der Waals surface area contributed by atoms with E-state index in [9.17, 15) is 8.63 Å². The summed E-state index contributed by atoms with van der Waals surface area (Å²) in [5, 5.41) is 0. The van der Waals surface area contributed by atoms with E-state index in [-0.39, 0.29) is 17.3 Å². The summed E-state index contributed by atoms with van der Waals surface area (Å²) in [6, 6.07) is 19.7. The summed E-state index contributed by atoms with van der Waals surface area (Å²) in [5.74, 6) is 0.389. The van der Waals surface area contributed by atoms with Gasteiger partial charge in [-0.15, -0.1) is 0 Å². The van der Waals surface area contributed by atoms with Crippen LogP contribution in [0.4, 0.5) is 8.63 Å². The van der Waals surface area contributed by atoms with Gasteiger partial charge < -0.3 is 22.5 Å². The highest BCUT2D eigenvalue weighted by Gasteiger charge is 2.46. The van der Waals surface area contributed by atoms with E-state index < -0.39 is 7.04 Å². The van der Waals surface area contributed by atoms with Crippen LogP contribution in [0.3, 0.4) is 0 Å². The van der Waals surface area contributed by atoms with Gasteiger partial charge in [-0.2, -0.15) is 0 Å². The summed E-state index contributed by atoms with van der Waals surface area (Å²) in [5.41, 5.74) is 2.19. The zero-order valence-electron chi connectivity index (χ0n) is 14.0. The Morgan fingerprint density at radius 2 is 1.58 bits per heavy atom. The van der Waals surface area contributed by atoms with E-state index >= 15 is 0 Å². The minimum Gasteiger partial charge on any atom is -0.622 e. The second-order valence-corrected chi connectivity index (χ2v) is 5.84. The highest BCUT2D eigenvalue weighted by Crippen LogP contribution is 2.37. The van der Waals surface area contributed by atoms with Gasteiger partial charge >= 0.3 is 12.9 Å². The molecule has 26 heavy (non-hydrogen) atoms. The molecule has 0 saturated heterocycles. The molecule has 2 heterocycles. The van der Waals surface area contributed by atoms with Gasteiger partial charge in [-0.25, -0.2) is 0 Å². The third-order valence-corrected chi connectivity index (χ3v) is 4.22. The van der Waals surface area contributed by atoms with Crippen molar-refractivity contribution in [2.24, 2.45) is 0 Å². The number of hydrogen-bond acceptors (Lipinski definition) is 3. The number of aromatic nitrogens is 2. The molecular formula is C19H15BF2N2O2. The Kier molecular flexibility index (Phi) is 3.91. The third kappa shape index (κ3) is 2.71. The van der Waals surface area contributed by atoms with Crippen LogP contribution in [0.1, 0.15) is 16.8 Å². The summed E-state index contributed by atoms with van der Waals surface area (Å²) in [4.78, 5) is 3.91. The van der Waals surface area contributed by atoms with E-state index in [4.69, 9.17) is 9.39 Å². The summed E-state index contributed by atoms with van der Waals surface area (Å²) in [7, 11) is -2.87. The summed E-state index contributed by atoms with van der Waals surface area (Å²) in [6.07, 6.45) is 1.05. The molecule has 130 valence electrons. The number of methoxy groups -OCH3 is 1. The van der Waals surface area contributed by atoms with Crippen molar-refractivity contribution >= 4 is 18.4 Å². The van der Waals surface area contributed by atoms with Crippen molar-refractivity contribution in [3.63, 3.8) is 0 Å². The Morgan fingerprint density at radius 1 is 0.962 bits per heavy atom. The van der Waals surface area contributed by atoms with E-state index in [1.165, 1.54) is 13.2 Å². The quantitative estimate of drug-likeness (QED) is 0.677. The van der Waals surface area contributed by atoms with E-state index in [1.807, 2.05) is 36.4 Å². The zero-order valence-corrected chi connectivity index (χ0v) is 14.0. The molecule has 1 aliphatic rings. The molecule has 0 N–H and O–H groups in total. The van der Waals surface area contributed by atoms with Gasteiger partial charge in [0.15, 0.2) is 0 Å². The first-order valence-corrected chi connectivity index (χ1v) is 8.11. The van der Waals surface area contributed by atoms with Crippen LogP contribution in [-0.4, -0.2) is 19.1 Å². The lowest BCUT2D eigenvalue weighted by molar-refractivity contribution is -0.587. The Labute approximate surface area is 149 Å². The first kappa shape index (κ1) is 16.3. The normalized spacial score (nSPS) is 15.2. The summed E-state index contributed by atoms with van der Waals surface area (Å²) in [6.45, 7) is 0. The van der Waals surface area contributed by atoms with Crippen LogP contribution in [0.2, 0.25) is 0 Å². The van der Waals surface area contributed by atoms with Crippen molar-refractivity contribution in [1.82, 2.24) is 4.98 Å². The molecular weight excluding hydrogens is 337 g/mol. The molecule has 3 aromatic rings. The highest BCUT2D eigenvalue weighted by molar-refractivity contribution is 6.51. The van der Waals surface area contributed by atoms with Gasteiger partial charge in [0.2, 0.25) is 0 Å². The molecule has 2 aromatic carbocycles. The summed E-state index contributed by atoms with van der Waals surface area (Å²) < 4.78 is 40.6. The fraction of sp³-hybridized carbons (Fsp3) is 0.0526. The van der Waals surface area contributed by atoms with Crippen molar-refractivity contribution in [2.45, 2.75) is 0 Å². The van der Waals surface area contributed by atoms with Crippen LogP contribution in [-0.2, 0) is 4.65 Å². The number of rotatable bonds is 3. The number of ether oxygens (including phenoxy) is 1. The van der Waals surface area contributed by atoms with Gasteiger partial charge in [0, 0.05) is 5.56 Å². The predicted molar refractivity (Wildman–Crippen MR) is 94.2 cm³/mol. The van der Waals surface area contributed by atoms with Crippen molar-refractivity contribution in [2.75, 3.05) is 7.11 Å². The lowest BCUT2D eigenvalue weighted by Gasteiger charge is -2.34. The van der Waals surface area contributed by atoms with E-state index in [1.54, 1.807) is 24.3 Å². The van der Waals surface area contributed by atoms with Crippen LogP contribution in [0, 0.1) is 0 Å². The Balaban J connectivity index is 2.06. The lowest BCUT2D eigenvalue weighted by Crippen LogP contribution is -2.64. The standard InChI is InChI=1S/C19H15BF2N2O2/c1-25-17-12-16-18(14-8-4-2-5-9-14)19(15-10-6-3-7-11-15)26-20(21,22)24(16)13-23-17/h2-13H,1H3. The second kappa shape index (κ2) is 6.26. The molecule has 0 amide bonds. The predicted octanol–water partition coefficient (Wildman–Crippen LogP) is 3.55. The minimum absolute atomic E-state index is 0.134. The number of halogens is 2. The fourth-order valence-electron chi connectivity index (χ4n) is 3.02. The van der Waals surface area contributed by atoms with Crippen LogP contribution >= 0.6 is 0 Å². The van der Waals surface area contributed by atoms with Crippen LogP contribution in [0.25, 0.3) is 11.3 Å². The van der Waals surface area contributed by atoms with Crippen LogP contribution < -0.4 is 9.21 Å². The topological polar surface area (TPSA) is 35.2 Å². The molecule has 1 aliphatic heterocycles. The molecule has 0 atom stereocenters. The average Bonchev–Trinajstić information content (AvgIpc) is 2.68. The SMILES string of the molecule is COc1cc2[n+](cn1)[B-](F)(F)OC(c1ccccc1)=C2c1ccccc1. The van der Waals surface area contributed by atoms with Gasteiger partial charge in [-0.1, -0.05) is 60.7 Å². The minimum atomic E-state index is -4.32.